The van der Waals surface area contributed by atoms with Gasteiger partial charge < -0.3 is 10.4 Å². The van der Waals surface area contributed by atoms with Crippen molar-refractivity contribution in [2.45, 2.75) is 51.9 Å². The minimum absolute atomic E-state index is 0.0501. The van der Waals surface area contributed by atoms with Gasteiger partial charge in [-0.1, -0.05) is 13.3 Å². The molecule has 1 aliphatic rings. The van der Waals surface area contributed by atoms with E-state index in [1.807, 2.05) is 6.92 Å². The smallest absolute Gasteiger partial charge is 0.303 e. The third-order valence-electron chi connectivity index (χ3n) is 4.09. The van der Waals surface area contributed by atoms with Crippen LogP contribution in [0.5, 0.6) is 0 Å². The maximum absolute atomic E-state index is 12.1. The topological polar surface area (TPSA) is 104 Å². The summed E-state index contributed by atoms with van der Waals surface area (Å²) in [6, 6.07) is 0. The van der Waals surface area contributed by atoms with E-state index in [9.17, 15) is 18.0 Å². The molecule has 0 aromatic carbocycles. The Hall–Kier alpha value is -1.15. The Morgan fingerprint density at radius 1 is 1.17 bits per heavy atom. The van der Waals surface area contributed by atoms with E-state index in [1.165, 1.54) is 4.31 Å². The summed E-state index contributed by atoms with van der Waals surface area (Å²) in [5, 5.41) is 11.3. The number of sulfonamides is 1. The van der Waals surface area contributed by atoms with Gasteiger partial charge in [0.1, 0.15) is 0 Å². The SMILES string of the molecule is CCCCS(=O)(=O)N1CCC(C(=O)NCCCCC(=O)O)CC1. The molecule has 0 radical (unpaired) electrons. The van der Waals surface area contributed by atoms with Crippen LogP contribution < -0.4 is 5.32 Å². The number of carbonyl (C=O) groups excluding carboxylic acids is 1. The number of rotatable bonds is 10. The molecular weight excluding hydrogens is 320 g/mol. The summed E-state index contributed by atoms with van der Waals surface area (Å²) in [6.45, 7) is 3.25. The Balaban J connectivity index is 2.27. The van der Waals surface area contributed by atoms with Crippen LogP contribution in [-0.4, -0.2) is 55.1 Å². The molecule has 134 valence electrons. The van der Waals surface area contributed by atoms with Crippen molar-refractivity contribution >= 4 is 21.9 Å². The molecule has 1 aliphatic heterocycles. The van der Waals surface area contributed by atoms with Crippen LogP contribution in [0.1, 0.15) is 51.9 Å². The Kier molecular flexibility index (Phi) is 8.54. The minimum atomic E-state index is -3.18. The predicted octanol–water partition coefficient (Wildman–Crippen LogP) is 1.20. The Morgan fingerprint density at radius 3 is 2.39 bits per heavy atom. The summed E-state index contributed by atoms with van der Waals surface area (Å²) in [5.74, 6) is -0.838. The van der Waals surface area contributed by atoms with Crippen LogP contribution in [0.3, 0.4) is 0 Å². The number of nitrogens with one attached hydrogen (secondary N) is 1. The zero-order valence-corrected chi connectivity index (χ0v) is 14.6. The fourth-order valence-electron chi connectivity index (χ4n) is 2.61. The second kappa shape index (κ2) is 9.87. The van der Waals surface area contributed by atoms with Crippen molar-refractivity contribution in [3.8, 4) is 0 Å². The van der Waals surface area contributed by atoms with E-state index in [0.29, 0.717) is 51.7 Å². The second-order valence-corrected chi connectivity index (χ2v) is 8.07. The molecule has 0 spiro atoms. The van der Waals surface area contributed by atoms with Crippen molar-refractivity contribution in [2.75, 3.05) is 25.4 Å². The van der Waals surface area contributed by atoms with E-state index in [-0.39, 0.29) is 24.0 Å². The van der Waals surface area contributed by atoms with Crippen molar-refractivity contribution in [1.82, 2.24) is 9.62 Å². The highest BCUT2D eigenvalue weighted by atomic mass is 32.2. The molecule has 1 saturated heterocycles. The van der Waals surface area contributed by atoms with Crippen LogP contribution in [0.2, 0.25) is 0 Å². The van der Waals surface area contributed by atoms with Gasteiger partial charge in [0.15, 0.2) is 0 Å². The summed E-state index contributed by atoms with van der Waals surface area (Å²) in [6.07, 6.45) is 3.91. The summed E-state index contributed by atoms with van der Waals surface area (Å²) >= 11 is 0. The molecule has 7 nitrogen and oxygen atoms in total. The number of hydrogen-bond donors (Lipinski definition) is 2. The van der Waals surface area contributed by atoms with Gasteiger partial charge in [-0.3, -0.25) is 9.59 Å². The van der Waals surface area contributed by atoms with E-state index in [4.69, 9.17) is 5.11 Å². The van der Waals surface area contributed by atoms with Gasteiger partial charge >= 0.3 is 5.97 Å². The van der Waals surface area contributed by atoms with Crippen LogP contribution >= 0.6 is 0 Å². The average molecular weight is 348 g/mol. The van der Waals surface area contributed by atoms with Crippen molar-refractivity contribution in [1.29, 1.82) is 0 Å². The Morgan fingerprint density at radius 2 is 1.83 bits per heavy atom. The molecule has 1 heterocycles. The molecular formula is C15H28N2O5S. The highest BCUT2D eigenvalue weighted by Crippen LogP contribution is 2.20. The van der Waals surface area contributed by atoms with Gasteiger partial charge in [0, 0.05) is 32.0 Å². The lowest BCUT2D eigenvalue weighted by Gasteiger charge is -2.30. The summed E-state index contributed by atoms with van der Waals surface area (Å²) in [7, 11) is -3.18. The lowest BCUT2D eigenvalue weighted by atomic mass is 9.97. The first-order valence-electron chi connectivity index (χ1n) is 8.34. The second-order valence-electron chi connectivity index (χ2n) is 5.98. The molecule has 0 aromatic rings. The van der Waals surface area contributed by atoms with Gasteiger partial charge in [0.25, 0.3) is 0 Å². The van der Waals surface area contributed by atoms with Crippen LogP contribution in [0.15, 0.2) is 0 Å². The van der Waals surface area contributed by atoms with E-state index >= 15 is 0 Å². The number of amides is 1. The molecule has 0 atom stereocenters. The van der Waals surface area contributed by atoms with Crippen LogP contribution in [0.4, 0.5) is 0 Å². The quantitative estimate of drug-likeness (QED) is 0.577. The van der Waals surface area contributed by atoms with Crippen molar-refractivity contribution in [2.24, 2.45) is 5.92 Å². The highest BCUT2D eigenvalue weighted by Gasteiger charge is 2.30. The molecule has 8 heteroatoms. The molecule has 0 saturated carbocycles. The van der Waals surface area contributed by atoms with Gasteiger partial charge in [-0.05, 0) is 32.1 Å². The number of piperidine rings is 1. The van der Waals surface area contributed by atoms with Crippen molar-refractivity contribution < 1.29 is 23.1 Å². The van der Waals surface area contributed by atoms with E-state index in [2.05, 4.69) is 5.32 Å². The van der Waals surface area contributed by atoms with Gasteiger partial charge in [-0.2, -0.15) is 0 Å². The standard InChI is InChI=1S/C15H28N2O5S/c1-2-3-12-23(21,22)17-10-7-13(8-11-17)15(20)16-9-5-4-6-14(18)19/h13H,2-12H2,1H3,(H,16,20)(H,18,19). The summed E-state index contributed by atoms with van der Waals surface area (Å²) in [4.78, 5) is 22.4. The van der Waals surface area contributed by atoms with Gasteiger partial charge in [0.05, 0.1) is 5.75 Å². The maximum atomic E-state index is 12.1. The Labute approximate surface area is 138 Å². The lowest BCUT2D eigenvalue weighted by molar-refractivity contribution is -0.137. The molecule has 2 N–H and O–H groups in total. The molecule has 0 unspecified atom stereocenters. The van der Waals surface area contributed by atoms with Crippen LogP contribution in [0, 0.1) is 5.92 Å². The number of carboxylic acids is 1. The number of hydrogen-bond acceptors (Lipinski definition) is 4. The van der Waals surface area contributed by atoms with Gasteiger partial charge in [-0.15, -0.1) is 0 Å². The third-order valence-corrected chi connectivity index (χ3v) is 6.05. The molecule has 0 aliphatic carbocycles. The zero-order chi connectivity index (χ0) is 17.3. The zero-order valence-electron chi connectivity index (χ0n) is 13.8. The van der Waals surface area contributed by atoms with Gasteiger partial charge in [-0.25, -0.2) is 12.7 Å². The fraction of sp³-hybridized carbons (Fsp3) is 0.867. The Bertz CT molecular complexity index is 484. The molecule has 23 heavy (non-hydrogen) atoms. The highest BCUT2D eigenvalue weighted by molar-refractivity contribution is 7.89. The van der Waals surface area contributed by atoms with Crippen LogP contribution in [-0.2, 0) is 19.6 Å². The summed E-state index contributed by atoms with van der Waals surface area (Å²) in [5.41, 5.74) is 0. The number of carboxylic acid groups (broad SMARTS) is 1. The largest absolute Gasteiger partial charge is 0.481 e. The lowest BCUT2D eigenvalue weighted by Crippen LogP contribution is -2.43. The minimum Gasteiger partial charge on any atom is -0.481 e. The van der Waals surface area contributed by atoms with E-state index < -0.39 is 16.0 Å². The molecule has 1 amide bonds. The predicted molar refractivity (Wildman–Crippen MR) is 87.5 cm³/mol. The monoisotopic (exact) mass is 348 g/mol. The normalized spacial score (nSPS) is 17.1. The number of nitrogens with zero attached hydrogens (tertiary/aromatic N) is 1. The first-order chi connectivity index (χ1) is 10.9. The first-order valence-corrected chi connectivity index (χ1v) is 9.95. The number of unbranched alkanes of at least 4 members (excludes halogenated alkanes) is 2. The maximum Gasteiger partial charge on any atom is 0.303 e. The first kappa shape index (κ1) is 19.9. The molecule has 0 aromatic heterocycles. The average Bonchev–Trinajstić information content (AvgIpc) is 2.52. The molecule has 0 bridgehead atoms. The number of carbonyl (C=O) groups is 2. The van der Waals surface area contributed by atoms with E-state index in [1.54, 1.807) is 0 Å². The van der Waals surface area contributed by atoms with Crippen molar-refractivity contribution in [3.63, 3.8) is 0 Å². The molecule has 1 rings (SSSR count). The fourth-order valence-corrected chi connectivity index (χ4v) is 4.29. The summed E-state index contributed by atoms with van der Waals surface area (Å²) < 4.78 is 25.7. The number of aliphatic carboxylic acids is 1. The third kappa shape index (κ3) is 7.30. The van der Waals surface area contributed by atoms with Crippen LogP contribution in [0.25, 0.3) is 0 Å². The van der Waals surface area contributed by atoms with E-state index in [0.717, 1.165) is 6.42 Å². The van der Waals surface area contributed by atoms with Gasteiger partial charge in [0.2, 0.25) is 15.9 Å². The molecule has 1 fully saturated rings. The van der Waals surface area contributed by atoms with Crippen molar-refractivity contribution in [3.05, 3.63) is 0 Å².